The Morgan fingerprint density at radius 3 is 2.54 bits per heavy atom. The van der Waals surface area contributed by atoms with Crippen molar-refractivity contribution < 1.29 is 0 Å². The van der Waals surface area contributed by atoms with Crippen molar-refractivity contribution in [1.29, 1.82) is 0 Å². The van der Waals surface area contributed by atoms with Crippen LogP contribution in [0.4, 0.5) is 5.13 Å². The number of hydrogen-bond donors (Lipinski definition) is 1. The molecule has 0 radical (unpaired) electrons. The van der Waals surface area contributed by atoms with Gasteiger partial charge >= 0.3 is 0 Å². The summed E-state index contributed by atoms with van der Waals surface area (Å²) in [5.41, 5.74) is 6.82. The molecular formula is C9H17N3S. The SMILES string of the molecule is CN(C)c1nc(CC(C)(C)N)cs1. The first kappa shape index (κ1) is 10.5. The predicted molar refractivity (Wildman–Crippen MR) is 58.4 cm³/mol. The van der Waals surface area contributed by atoms with E-state index in [1.165, 1.54) is 0 Å². The number of rotatable bonds is 3. The highest BCUT2D eigenvalue weighted by molar-refractivity contribution is 7.13. The highest BCUT2D eigenvalue weighted by atomic mass is 32.1. The summed E-state index contributed by atoms with van der Waals surface area (Å²) in [6, 6.07) is 0. The van der Waals surface area contributed by atoms with Crippen molar-refractivity contribution in [2.24, 2.45) is 5.73 Å². The minimum absolute atomic E-state index is 0.169. The summed E-state index contributed by atoms with van der Waals surface area (Å²) in [5, 5.41) is 3.11. The second-order valence-corrected chi connectivity index (χ2v) is 5.02. The smallest absolute Gasteiger partial charge is 0.184 e. The number of aromatic nitrogens is 1. The second kappa shape index (κ2) is 3.64. The van der Waals surface area contributed by atoms with Crippen LogP contribution in [0.2, 0.25) is 0 Å². The van der Waals surface area contributed by atoms with E-state index in [1.54, 1.807) is 11.3 Å². The first-order valence-corrected chi connectivity index (χ1v) is 5.17. The maximum absolute atomic E-state index is 5.90. The summed E-state index contributed by atoms with van der Waals surface area (Å²) in [7, 11) is 3.99. The summed E-state index contributed by atoms with van der Waals surface area (Å²) in [4.78, 5) is 6.47. The van der Waals surface area contributed by atoms with Crippen LogP contribution in [-0.4, -0.2) is 24.6 Å². The molecular weight excluding hydrogens is 182 g/mol. The molecule has 1 heterocycles. The highest BCUT2D eigenvalue weighted by Gasteiger charge is 2.14. The Bertz CT molecular complexity index is 273. The maximum atomic E-state index is 5.90. The first-order valence-electron chi connectivity index (χ1n) is 4.29. The van der Waals surface area contributed by atoms with Gasteiger partial charge in [-0.1, -0.05) is 0 Å². The van der Waals surface area contributed by atoms with Gasteiger partial charge in [-0.3, -0.25) is 0 Å². The van der Waals surface area contributed by atoms with Gasteiger partial charge in [0.05, 0.1) is 5.69 Å². The summed E-state index contributed by atoms with van der Waals surface area (Å²) in [5.74, 6) is 0. The molecule has 0 fully saturated rings. The van der Waals surface area contributed by atoms with Gasteiger partial charge in [-0.05, 0) is 13.8 Å². The summed E-state index contributed by atoms with van der Waals surface area (Å²) >= 11 is 1.66. The van der Waals surface area contributed by atoms with Gasteiger partial charge in [0.15, 0.2) is 5.13 Å². The fourth-order valence-corrected chi connectivity index (χ4v) is 1.81. The van der Waals surface area contributed by atoms with Crippen LogP contribution in [0.25, 0.3) is 0 Å². The van der Waals surface area contributed by atoms with Crippen LogP contribution < -0.4 is 10.6 Å². The molecule has 13 heavy (non-hydrogen) atoms. The Morgan fingerprint density at radius 2 is 2.15 bits per heavy atom. The molecule has 0 aliphatic carbocycles. The fraction of sp³-hybridized carbons (Fsp3) is 0.667. The lowest BCUT2D eigenvalue weighted by molar-refractivity contribution is 0.511. The molecule has 0 aromatic carbocycles. The van der Waals surface area contributed by atoms with Gasteiger partial charge in [-0.15, -0.1) is 11.3 Å². The van der Waals surface area contributed by atoms with E-state index in [4.69, 9.17) is 5.73 Å². The van der Waals surface area contributed by atoms with Gasteiger partial charge in [-0.25, -0.2) is 4.98 Å². The third-order valence-corrected chi connectivity index (χ3v) is 2.62. The van der Waals surface area contributed by atoms with Crippen LogP contribution in [0, 0.1) is 0 Å². The lowest BCUT2D eigenvalue weighted by Gasteiger charge is -2.16. The summed E-state index contributed by atoms with van der Waals surface area (Å²) in [6.07, 6.45) is 0.831. The van der Waals surface area contributed by atoms with Crippen molar-refractivity contribution in [3.8, 4) is 0 Å². The topological polar surface area (TPSA) is 42.2 Å². The van der Waals surface area contributed by atoms with Crippen LogP contribution in [0.3, 0.4) is 0 Å². The molecule has 0 atom stereocenters. The van der Waals surface area contributed by atoms with Gasteiger partial charge in [0.25, 0.3) is 0 Å². The van der Waals surface area contributed by atoms with Crippen molar-refractivity contribution in [2.45, 2.75) is 25.8 Å². The molecule has 0 saturated heterocycles. The van der Waals surface area contributed by atoms with Crippen molar-refractivity contribution >= 4 is 16.5 Å². The summed E-state index contributed by atoms with van der Waals surface area (Å²) < 4.78 is 0. The quantitative estimate of drug-likeness (QED) is 0.802. The molecule has 1 aromatic heterocycles. The van der Waals surface area contributed by atoms with Crippen LogP contribution in [0.1, 0.15) is 19.5 Å². The zero-order valence-corrected chi connectivity index (χ0v) is 9.48. The number of nitrogens with two attached hydrogens (primary N) is 1. The highest BCUT2D eigenvalue weighted by Crippen LogP contribution is 2.20. The van der Waals surface area contributed by atoms with E-state index in [1.807, 2.05) is 32.8 Å². The molecule has 0 bridgehead atoms. The van der Waals surface area contributed by atoms with Crippen LogP contribution in [-0.2, 0) is 6.42 Å². The van der Waals surface area contributed by atoms with E-state index >= 15 is 0 Å². The van der Waals surface area contributed by atoms with E-state index in [0.717, 1.165) is 17.2 Å². The van der Waals surface area contributed by atoms with Crippen LogP contribution >= 0.6 is 11.3 Å². The Morgan fingerprint density at radius 1 is 1.54 bits per heavy atom. The average Bonchev–Trinajstić information content (AvgIpc) is 2.31. The average molecular weight is 199 g/mol. The Labute approximate surface area is 83.6 Å². The fourth-order valence-electron chi connectivity index (χ4n) is 1.05. The minimum atomic E-state index is -0.169. The molecule has 0 spiro atoms. The molecule has 3 nitrogen and oxygen atoms in total. The Hall–Kier alpha value is -0.610. The third-order valence-electron chi connectivity index (χ3n) is 1.56. The lowest BCUT2D eigenvalue weighted by Crippen LogP contribution is -2.34. The molecule has 0 unspecified atom stereocenters. The number of nitrogens with zero attached hydrogens (tertiary/aromatic N) is 2. The van der Waals surface area contributed by atoms with Gasteiger partial charge in [0, 0.05) is 31.4 Å². The lowest BCUT2D eigenvalue weighted by atomic mass is 10.0. The minimum Gasteiger partial charge on any atom is -0.354 e. The molecule has 0 aliphatic heterocycles. The molecule has 0 saturated carbocycles. The monoisotopic (exact) mass is 199 g/mol. The zero-order chi connectivity index (χ0) is 10.1. The van der Waals surface area contributed by atoms with E-state index in [-0.39, 0.29) is 5.54 Å². The van der Waals surface area contributed by atoms with Gasteiger partial charge in [0.2, 0.25) is 0 Å². The maximum Gasteiger partial charge on any atom is 0.184 e. The van der Waals surface area contributed by atoms with E-state index in [2.05, 4.69) is 10.4 Å². The molecule has 74 valence electrons. The summed E-state index contributed by atoms with van der Waals surface area (Å²) in [6.45, 7) is 4.03. The molecule has 0 aliphatic rings. The largest absolute Gasteiger partial charge is 0.354 e. The van der Waals surface area contributed by atoms with Gasteiger partial charge < -0.3 is 10.6 Å². The molecule has 2 N–H and O–H groups in total. The van der Waals surface area contributed by atoms with Crippen molar-refractivity contribution in [2.75, 3.05) is 19.0 Å². The molecule has 0 amide bonds. The second-order valence-electron chi connectivity index (χ2n) is 4.18. The Kier molecular flexibility index (Phi) is 2.93. The van der Waals surface area contributed by atoms with Crippen molar-refractivity contribution in [3.05, 3.63) is 11.1 Å². The standard InChI is InChI=1S/C9H17N3S/c1-9(2,10)5-7-6-13-8(11-7)12(3)4/h6H,5,10H2,1-4H3. The first-order chi connectivity index (χ1) is 5.88. The molecule has 1 aromatic rings. The van der Waals surface area contributed by atoms with E-state index < -0.39 is 0 Å². The van der Waals surface area contributed by atoms with E-state index in [0.29, 0.717) is 0 Å². The zero-order valence-electron chi connectivity index (χ0n) is 8.66. The normalized spacial score (nSPS) is 11.8. The van der Waals surface area contributed by atoms with Gasteiger partial charge in [0.1, 0.15) is 0 Å². The predicted octanol–water partition coefficient (Wildman–Crippen LogP) is 1.49. The number of thiazole rings is 1. The van der Waals surface area contributed by atoms with Crippen molar-refractivity contribution in [1.82, 2.24) is 4.98 Å². The molecule has 1 rings (SSSR count). The Balaban J connectivity index is 2.70. The van der Waals surface area contributed by atoms with E-state index in [9.17, 15) is 0 Å². The van der Waals surface area contributed by atoms with Crippen LogP contribution in [0.15, 0.2) is 5.38 Å². The third kappa shape index (κ3) is 3.32. The molecule has 4 heteroatoms. The van der Waals surface area contributed by atoms with Gasteiger partial charge in [-0.2, -0.15) is 0 Å². The number of anilines is 1. The van der Waals surface area contributed by atoms with Crippen LogP contribution in [0.5, 0.6) is 0 Å². The van der Waals surface area contributed by atoms with Crippen molar-refractivity contribution in [3.63, 3.8) is 0 Å². The number of hydrogen-bond acceptors (Lipinski definition) is 4.